The normalized spacial score (nSPS) is 16.6. The standard InChI is InChI=1S/C43H77NO6/c1-5-7-9-11-13-15-17-19-21-27-33-49-42(46)31-25-23-29-40(50-43(47)36-38-34-39(35-38)37-44(3)4)28-22-24-30-41(45)48-32-26-20-18-16-14-12-10-8-6-2/h19-21,26,38-40H,5-18,22-25,27-37H2,1-4H3/b21-19-,26-20-. The van der Waals surface area contributed by atoms with Crippen molar-refractivity contribution >= 4 is 17.9 Å². The minimum atomic E-state index is -0.186. The lowest BCUT2D eigenvalue weighted by molar-refractivity contribution is -0.152. The molecule has 7 heteroatoms. The first-order valence-electron chi connectivity index (χ1n) is 20.8. The van der Waals surface area contributed by atoms with Gasteiger partial charge in [0.05, 0.1) is 6.61 Å². The maximum absolute atomic E-state index is 12.8. The first kappa shape index (κ1) is 45.9. The summed E-state index contributed by atoms with van der Waals surface area (Å²) in [6.45, 7) is 6.32. The average Bonchev–Trinajstić information content (AvgIpc) is 3.07. The van der Waals surface area contributed by atoms with Crippen LogP contribution in [0.2, 0.25) is 0 Å². The Morgan fingerprint density at radius 2 is 1.12 bits per heavy atom. The summed E-state index contributed by atoms with van der Waals surface area (Å²) in [4.78, 5) is 39.5. The number of hydrogen-bond donors (Lipinski definition) is 0. The molecule has 0 aromatic rings. The van der Waals surface area contributed by atoms with Crippen LogP contribution < -0.4 is 0 Å². The summed E-state index contributed by atoms with van der Waals surface area (Å²) in [5.74, 6) is 0.653. The molecule has 0 saturated heterocycles. The first-order chi connectivity index (χ1) is 24.3. The Bertz CT molecular complexity index is 894. The minimum Gasteiger partial charge on any atom is -0.465 e. The van der Waals surface area contributed by atoms with Crippen molar-refractivity contribution in [3.05, 3.63) is 24.3 Å². The van der Waals surface area contributed by atoms with Gasteiger partial charge in [0.25, 0.3) is 0 Å². The van der Waals surface area contributed by atoms with Crippen LogP contribution in [0.25, 0.3) is 0 Å². The molecule has 0 amide bonds. The molecule has 0 heterocycles. The molecule has 1 unspecified atom stereocenters. The number of allylic oxidation sites excluding steroid dienone is 2. The zero-order chi connectivity index (χ0) is 36.5. The molecular weight excluding hydrogens is 626 g/mol. The lowest BCUT2D eigenvalue weighted by atomic mass is 9.73. The van der Waals surface area contributed by atoms with Crippen LogP contribution in [-0.4, -0.2) is 62.8 Å². The quantitative estimate of drug-likeness (QED) is 0.0285. The van der Waals surface area contributed by atoms with Crippen LogP contribution in [0.15, 0.2) is 24.3 Å². The SMILES string of the molecule is CCCCCCCC/C=C\CCOC(=O)CCCCC(CCCCC(=O)OC/C=C\CCCCCCCC)OC(=O)CC1CC(CN(C)C)C1. The number of esters is 3. The molecule has 0 bridgehead atoms. The number of rotatable bonds is 34. The molecule has 1 aliphatic carbocycles. The van der Waals surface area contributed by atoms with Crippen molar-refractivity contribution in [2.45, 2.75) is 187 Å². The van der Waals surface area contributed by atoms with E-state index in [2.05, 4.69) is 51.1 Å². The molecule has 1 aliphatic rings. The van der Waals surface area contributed by atoms with Gasteiger partial charge < -0.3 is 19.1 Å². The first-order valence-corrected chi connectivity index (χ1v) is 20.8. The smallest absolute Gasteiger partial charge is 0.306 e. The maximum Gasteiger partial charge on any atom is 0.306 e. The van der Waals surface area contributed by atoms with Gasteiger partial charge in [0.2, 0.25) is 0 Å². The fourth-order valence-electron chi connectivity index (χ4n) is 6.75. The molecule has 7 nitrogen and oxygen atoms in total. The highest BCUT2D eigenvalue weighted by Crippen LogP contribution is 2.36. The van der Waals surface area contributed by atoms with E-state index >= 15 is 0 Å². The number of carbonyl (C=O) groups excluding carboxylic acids is 3. The van der Waals surface area contributed by atoms with E-state index in [1.54, 1.807) is 0 Å². The van der Waals surface area contributed by atoms with Crippen molar-refractivity contribution in [3.63, 3.8) is 0 Å². The summed E-state index contributed by atoms with van der Waals surface area (Å²) in [5.41, 5.74) is 0. The van der Waals surface area contributed by atoms with E-state index in [-0.39, 0.29) is 24.0 Å². The second-order valence-electron chi connectivity index (χ2n) is 15.0. The van der Waals surface area contributed by atoms with Gasteiger partial charge in [-0.3, -0.25) is 14.4 Å². The monoisotopic (exact) mass is 704 g/mol. The van der Waals surface area contributed by atoms with E-state index < -0.39 is 0 Å². The molecule has 290 valence electrons. The van der Waals surface area contributed by atoms with Crippen LogP contribution in [0.3, 0.4) is 0 Å². The third-order valence-corrected chi connectivity index (χ3v) is 9.69. The van der Waals surface area contributed by atoms with Gasteiger partial charge in [-0.25, -0.2) is 0 Å². The summed E-state index contributed by atoms with van der Waals surface area (Å²) in [6.07, 6.45) is 34.5. The summed E-state index contributed by atoms with van der Waals surface area (Å²) < 4.78 is 16.8. The van der Waals surface area contributed by atoms with Gasteiger partial charge in [0, 0.05) is 25.8 Å². The molecular formula is C43H77NO6. The summed E-state index contributed by atoms with van der Waals surface area (Å²) >= 11 is 0. The van der Waals surface area contributed by atoms with E-state index in [4.69, 9.17) is 14.2 Å². The molecule has 0 aliphatic heterocycles. The Labute approximate surface area is 307 Å². The van der Waals surface area contributed by atoms with E-state index in [0.717, 1.165) is 64.3 Å². The number of carbonyl (C=O) groups is 3. The van der Waals surface area contributed by atoms with Crippen LogP contribution in [-0.2, 0) is 28.6 Å². The Hall–Kier alpha value is -2.15. The maximum atomic E-state index is 12.8. The average molecular weight is 704 g/mol. The van der Waals surface area contributed by atoms with E-state index in [1.165, 1.54) is 77.0 Å². The molecule has 1 fully saturated rings. The second-order valence-corrected chi connectivity index (χ2v) is 15.0. The summed E-state index contributed by atoms with van der Waals surface area (Å²) in [5, 5.41) is 0. The van der Waals surface area contributed by atoms with Crippen LogP contribution >= 0.6 is 0 Å². The van der Waals surface area contributed by atoms with Gasteiger partial charge >= 0.3 is 17.9 Å². The lowest BCUT2D eigenvalue weighted by Crippen LogP contribution is -2.34. The molecule has 0 aromatic heterocycles. The molecule has 0 N–H and O–H groups in total. The van der Waals surface area contributed by atoms with Crippen LogP contribution in [0, 0.1) is 11.8 Å². The Morgan fingerprint density at radius 1 is 0.600 bits per heavy atom. The molecule has 50 heavy (non-hydrogen) atoms. The fraction of sp³-hybridized carbons (Fsp3) is 0.837. The summed E-state index contributed by atoms with van der Waals surface area (Å²) in [6, 6.07) is 0. The molecule has 1 saturated carbocycles. The van der Waals surface area contributed by atoms with Gasteiger partial charge in [-0.05, 0) is 109 Å². The van der Waals surface area contributed by atoms with Gasteiger partial charge in [-0.2, -0.15) is 0 Å². The number of ether oxygens (including phenoxy) is 3. The number of nitrogens with zero attached hydrogens (tertiary/aromatic N) is 1. The number of hydrogen-bond acceptors (Lipinski definition) is 7. The van der Waals surface area contributed by atoms with Crippen molar-refractivity contribution in [2.75, 3.05) is 33.9 Å². The van der Waals surface area contributed by atoms with Gasteiger partial charge in [-0.15, -0.1) is 0 Å². The van der Waals surface area contributed by atoms with E-state index in [1.807, 2.05) is 6.08 Å². The van der Waals surface area contributed by atoms with Crippen LogP contribution in [0.1, 0.15) is 181 Å². The molecule has 1 rings (SSSR count). The zero-order valence-corrected chi connectivity index (χ0v) is 32.9. The largest absolute Gasteiger partial charge is 0.465 e. The molecule has 0 aromatic carbocycles. The van der Waals surface area contributed by atoms with Gasteiger partial charge in [0.15, 0.2) is 0 Å². The van der Waals surface area contributed by atoms with E-state index in [0.29, 0.717) is 57.2 Å². The van der Waals surface area contributed by atoms with E-state index in [9.17, 15) is 14.4 Å². The third-order valence-electron chi connectivity index (χ3n) is 9.69. The predicted octanol–water partition coefficient (Wildman–Crippen LogP) is 11.1. The lowest BCUT2D eigenvalue weighted by Gasteiger charge is -2.36. The minimum absolute atomic E-state index is 0.112. The fourth-order valence-corrected chi connectivity index (χ4v) is 6.75. The van der Waals surface area contributed by atoms with Gasteiger partial charge in [0.1, 0.15) is 12.7 Å². The topological polar surface area (TPSA) is 82.1 Å². The zero-order valence-electron chi connectivity index (χ0n) is 32.9. The number of unbranched alkanes of at least 4 members (excludes halogenated alkanes) is 14. The second kappa shape index (κ2) is 32.7. The van der Waals surface area contributed by atoms with Crippen molar-refractivity contribution in [2.24, 2.45) is 11.8 Å². The van der Waals surface area contributed by atoms with Gasteiger partial charge in [-0.1, -0.05) is 102 Å². The highest BCUT2D eigenvalue weighted by atomic mass is 16.5. The highest BCUT2D eigenvalue weighted by molar-refractivity contribution is 5.70. The van der Waals surface area contributed by atoms with Crippen molar-refractivity contribution in [3.8, 4) is 0 Å². The Kier molecular flexibility index (Phi) is 30.0. The molecule has 0 spiro atoms. The third kappa shape index (κ3) is 28.5. The van der Waals surface area contributed by atoms with Crippen molar-refractivity contribution < 1.29 is 28.6 Å². The Morgan fingerprint density at radius 3 is 1.70 bits per heavy atom. The highest BCUT2D eigenvalue weighted by Gasteiger charge is 2.31. The molecule has 1 atom stereocenters. The Balaban J connectivity index is 2.29. The summed E-state index contributed by atoms with van der Waals surface area (Å²) in [7, 11) is 4.19. The van der Waals surface area contributed by atoms with Crippen molar-refractivity contribution in [1.82, 2.24) is 4.90 Å². The predicted molar refractivity (Wildman–Crippen MR) is 207 cm³/mol. The molecule has 0 radical (unpaired) electrons. The van der Waals surface area contributed by atoms with Crippen molar-refractivity contribution in [1.29, 1.82) is 0 Å². The van der Waals surface area contributed by atoms with Crippen LogP contribution in [0.4, 0.5) is 0 Å². The van der Waals surface area contributed by atoms with Crippen LogP contribution in [0.5, 0.6) is 0 Å².